The molecule has 0 radical (unpaired) electrons. The minimum atomic E-state index is 0.352. The molecule has 0 unspecified atom stereocenters. The normalized spacial score (nSPS) is 10.6. The summed E-state index contributed by atoms with van der Waals surface area (Å²) in [5, 5.41) is 15.1. The van der Waals surface area contributed by atoms with Gasteiger partial charge in [-0.15, -0.1) is 0 Å². The first-order valence-electron chi connectivity index (χ1n) is 7.77. The number of rotatable bonds is 7. The van der Waals surface area contributed by atoms with Crippen LogP contribution in [0.1, 0.15) is 11.1 Å². The van der Waals surface area contributed by atoms with Gasteiger partial charge in [0.2, 0.25) is 5.95 Å². The van der Waals surface area contributed by atoms with E-state index in [1.807, 2.05) is 36.4 Å². The van der Waals surface area contributed by atoms with Crippen molar-refractivity contribution in [1.82, 2.24) is 20.2 Å². The van der Waals surface area contributed by atoms with Gasteiger partial charge in [0.15, 0.2) is 11.5 Å². The van der Waals surface area contributed by atoms with E-state index in [1.54, 1.807) is 18.8 Å². The molecule has 1 heterocycles. The second-order valence-electron chi connectivity index (χ2n) is 5.45. The topological polar surface area (TPSA) is 74.1 Å². The van der Waals surface area contributed by atoms with Gasteiger partial charge in [0.05, 0.1) is 7.11 Å². The van der Waals surface area contributed by atoms with Crippen LogP contribution in [-0.2, 0) is 20.2 Å². The van der Waals surface area contributed by atoms with E-state index in [2.05, 4.69) is 36.8 Å². The molecule has 3 rings (SSSR count). The molecule has 1 N–H and O–H groups in total. The number of methoxy groups -OCH3 is 1. The maximum Gasteiger partial charge on any atom is 0.242 e. The van der Waals surface area contributed by atoms with E-state index in [0.29, 0.717) is 35.6 Å². The van der Waals surface area contributed by atoms with Gasteiger partial charge in [-0.1, -0.05) is 50.8 Å². The molecule has 7 nitrogen and oxygen atoms in total. The summed E-state index contributed by atoms with van der Waals surface area (Å²) in [4.78, 5) is 0. The van der Waals surface area contributed by atoms with Crippen LogP contribution in [0.25, 0.3) is 0 Å². The lowest BCUT2D eigenvalue weighted by atomic mass is 10.2. The van der Waals surface area contributed by atoms with Crippen molar-refractivity contribution >= 4 is 33.5 Å². The summed E-state index contributed by atoms with van der Waals surface area (Å²) in [5.74, 6) is 1.84. The predicted octanol–water partition coefficient (Wildman–Crippen LogP) is 3.83. The zero-order valence-electron chi connectivity index (χ0n) is 14.2. The van der Waals surface area contributed by atoms with Crippen LogP contribution in [0.5, 0.6) is 11.5 Å². The number of nitrogens with one attached hydrogen (secondary N) is 1. The molecule has 0 saturated carbocycles. The smallest absolute Gasteiger partial charge is 0.242 e. The van der Waals surface area contributed by atoms with E-state index < -0.39 is 0 Å². The van der Waals surface area contributed by atoms with Crippen molar-refractivity contribution in [2.75, 3.05) is 12.4 Å². The molecule has 0 saturated heterocycles. The molecule has 0 amide bonds. The minimum Gasteiger partial charge on any atom is -0.493 e. The monoisotopic (exact) mass is 437 g/mol. The average Bonchev–Trinajstić information content (AvgIpc) is 3.05. The van der Waals surface area contributed by atoms with Gasteiger partial charge in [-0.3, -0.25) is 0 Å². The van der Waals surface area contributed by atoms with Crippen LogP contribution in [0.3, 0.4) is 0 Å². The number of aryl methyl sites for hydroxylation is 1. The molecule has 0 spiro atoms. The number of nitrogens with zero attached hydrogens (tertiary/aromatic N) is 4. The molecular weight excluding hydrogens is 422 g/mol. The van der Waals surface area contributed by atoms with Gasteiger partial charge in [0.25, 0.3) is 0 Å². The number of aromatic nitrogens is 4. The first kappa shape index (κ1) is 18.5. The van der Waals surface area contributed by atoms with Gasteiger partial charge in [-0.2, -0.15) is 0 Å². The Bertz CT molecular complexity index is 903. The highest BCUT2D eigenvalue weighted by atomic mass is 79.9. The molecule has 9 heteroatoms. The maximum atomic E-state index is 6.18. The summed E-state index contributed by atoms with van der Waals surface area (Å²) in [7, 11) is 3.37. The fourth-order valence-corrected chi connectivity index (χ4v) is 2.96. The third kappa shape index (κ3) is 4.25. The van der Waals surface area contributed by atoms with Gasteiger partial charge in [-0.05, 0) is 34.2 Å². The van der Waals surface area contributed by atoms with Gasteiger partial charge in [0.1, 0.15) is 6.61 Å². The summed E-state index contributed by atoms with van der Waals surface area (Å²) in [6.45, 7) is 0.876. The lowest BCUT2D eigenvalue weighted by Crippen LogP contribution is -2.07. The Balaban J connectivity index is 1.74. The minimum absolute atomic E-state index is 0.352. The first-order chi connectivity index (χ1) is 12.6. The van der Waals surface area contributed by atoms with Gasteiger partial charge < -0.3 is 14.8 Å². The van der Waals surface area contributed by atoms with Crippen molar-refractivity contribution in [2.24, 2.45) is 7.05 Å². The Morgan fingerprint density at radius 3 is 2.69 bits per heavy atom. The molecular formula is C17H17BrClN5O2. The molecule has 136 valence electrons. The molecule has 2 aromatic carbocycles. The molecule has 0 bridgehead atoms. The van der Waals surface area contributed by atoms with Crippen LogP contribution in [-0.4, -0.2) is 27.3 Å². The van der Waals surface area contributed by atoms with Crippen molar-refractivity contribution in [3.05, 3.63) is 57.0 Å². The average molecular weight is 439 g/mol. The lowest BCUT2D eigenvalue weighted by Gasteiger charge is -2.15. The molecule has 0 atom stereocenters. The summed E-state index contributed by atoms with van der Waals surface area (Å²) in [6, 6.07) is 11.4. The maximum absolute atomic E-state index is 6.18. The van der Waals surface area contributed by atoms with Crippen LogP contribution >= 0.6 is 27.5 Å². The standard InChI is InChI=1S/C17H17BrClN5O2/c1-24-17(21-22-23-24)20-9-12-7-15(25-2)16(8-13(12)18)26-10-11-5-3-4-6-14(11)19/h3-8H,9-10H2,1-2H3,(H,20,21,23). The number of halogens is 2. The van der Waals surface area contributed by atoms with Gasteiger partial charge in [0, 0.05) is 28.7 Å². The highest BCUT2D eigenvalue weighted by Gasteiger charge is 2.12. The molecule has 1 aromatic heterocycles. The van der Waals surface area contributed by atoms with Crippen LogP contribution in [0.2, 0.25) is 5.02 Å². The van der Waals surface area contributed by atoms with Crippen molar-refractivity contribution < 1.29 is 9.47 Å². The molecule has 0 aliphatic rings. The third-order valence-electron chi connectivity index (χ3n) is 3.73. The molecule has 0 aliphatic heterocycles. The fraction of sp³-hybridized carbons (Fsp3) is 0.235. The van der Waals surface area contributed by atoms with E-state index in [9.17, 15) is 0 Å². The molecule has 0 fully saturated rings. The number of anilines is 1. The number of ether oxygens (including phenoxy) is 2. The fourth-order valence-electron chi connectivity index (χ4n) is 2.31. The lowest BCUT2D eigenvalue weighted by molar-refractivity contribution is 0.284. The Morgan fingerprint density at radius 1 is 1.19 bits per heavy atom. The second-order valence-corrected chi connectivity index (χ2v) is 6.72. The van der Waals surface area contributed by atoms with Crippen molar-refractivity contribution in [3.63, 3.8) is 0 Å². The van der Waals surface area contributed by atoms with Crippen LogP contribution < -0.4 is 14.8 Å². The van der Waals surface area contributed by atoms with E-state index in [1.165, 1.54) is 0 Å². The van der Waals surface area contributed by atoms with E-state index in [-0.39, 0.29) is 0 Å². The Hall–Kier alpha value is -2.32. The van der Waals surface area contributed by atoms with Crippen LogP contribution in [0, 0.1) is 0 Å². The predicted molar refractivity (Wildman–Crippen MR) is 103 cm³/mol. The van der Waals surface area contributed by atoms with Crippen molar-refractivity contribution in [2.45, 2.75) is 13.2 Å². The zero-order valence-corrected chi connectivity index (χ0v) is 16.6. The molecule has 26 heavy (non-hydrogen) atoms. The first-order valence-corrected chi connectivity index (χ1v) is 8.94. The highest BCUT2D eigenvalue weighted by Crippen LogP contribution is 2.34. The summed E-state index contributed by atoms with van der Waals surface area (Å²) >= 11 is 9.75. The van der Waals surface area contributed by atoms with Crippen molar-refractivity contribution in [1.29, 1.82) is 0 Å². The summed E-state index contributed by atoms with van der Waals surface area (Å²) in [6.07, 6.45) is 0. The van der Waals surface area contributed by atoms with Crippen molar-refractivity contribution in [3.8, 4) is 11.5 Å². The van der Waals surface area contributed by atoms with Gasteiger partial charge in [-0.25, -0.2) is 4.68 Å². The largest absolute Gasteiger partial charge is 0.493 e. The van der Waals surface area contributed by atoms with Crippen LogP contribution in [0.4, 0.5) is 5.95 Å². The number of hydrogen-bond donors (Lipinski definition) is 1. The number of tetrazole rings is 1. The number of hydrogen-bond acceptors (Lipinski definition) is 6. The van der Waals surface area contributed by atoms with E-state index in [0.717, 1.165) is 15.6 Å². The molecule has 3 aromatic rings. The Morgan fingerprint density at radius 2 is 2.00 bits per heavy atom. The Kier molecular flexibility index (Phi) is 5.95. The quantitative estimate of drug-likeness (QED) is 0.604. The summed E-state index contributed by atoms with van der Waals surface area (Å²) < 4.78 is 13.8. The van der Waals surface area contributed by atoms with Crippen LogP contribution in [0.15, 0.2) is 40.9 Å². The zero-order chi connectivity index (χ0) is 18.5. The third-order valence-corrected chi connectivity index (χ3v) is 4.84. The number of benzene rings is 2. The Labute approximate surface area is 164 Å². The van der Waals surface area contributed by atoms with E-state index in [4.69, 9.17) is 21.1 Å². The van der Waals surface area contributed by atoms with Gasteiger partial charge >= 0.3 is 0 Å². The highest BCUT2D eigenvalue weighted by molar-refractivity contribution is 9.10. The SMILES string of the molecule is COc1cc(CNc2nnnn2C)c(Br)cc1OCc1ccccc1Cl. The van der Waals surface area contributed by atoms with E-state index >= 15 is 0 Å². The summed E-state index contributed by atoms with van der Waals surface area (Å²) in [5.41, 5.74) is 1.89. The molecule has 0 aliphatic carbocycles. The second kappa shape index (κ2) is 8.37.